The standard InChI is InChI=1S/C18H24N2O/c1-20(16-7-5-6-15(12-16)14-19)17-8-11-21-18(13-17)9-3-2-4-10-18/h5-7,12,17H,2-4,8-11,13H2,1H3. The summed E-state index contributed by atoms with van der Waals surface area (Å²) in [6, 6.07) is 10.7. The molecule has 1 saturated heterocycles. The van der Waals surface area contributed by atoms with Crippen molar-refractivity contribution in [1.82, 2.24) is 0 Å². The van der Waals surface area contributed by atoms with Gasteiger partial charge in [0, 0.05) is 25.4 Å². The Bertz CT molecular complexity index is 523. The highest BCUT2D eigenvalue weighted by Crippen LogP contribution is 2.40. The number of rotatable bonds is 2. The second-order valence-corrected chi connectivity index (χ2v) is 6.51. The highest BCUT2D eigenvalue weighted by Gasteiger charge is 2.39. The Kier molecular flexibility index (Phi) is 4.17. The van der Waals surface area contributed by atoms with Crippen molar-refractivity contribution >= 4 is 5.69 Å². The molecule has 1 aromatic rings. The molecule has 112 valence electrons. The summed E-state index contributed by atoms with van der Waals surface area (Å²) < 4.78 is 6.19. The average molecular weight is 284 g/mol. The van der Waals surface area contributed by atoms with Crippen LogP contribution >= 0.6 is 0 Å². The number of hydrogen-bond acceptors (Lipinski definition) is 3. The van der Waals surface area contributed by atoms with E-state index in [0.29, 0.717) is 6.04 Å². The first kappa shape index (κ1) is 14.4. The molecule has 0 bridgehead atoms. The van der Waals surface area contributed by atoms with Crippen molar-refractivity contribution in [1.29, 1.82) is 5.26 Å². The Labute approximate surface area is 127 Å². The van der Waals surface area contributed by atoms with Crippen molar-refractivity contribution in [2.45, 2.75) is 56.6 Å². The molecule has 2 fully saturated rings. The lowest BCUT2D eigenvalue weighted by atomic mass is 9.78. The van der Waals surface area contributed by atoms with Gasteiger partial charge in [-0.15, -0.1) is 0 Å². The van der Waals surface area contributed by atoms with Crippen LogP contribution in [0.5, 0.6) is 0 Å². The summed E-state index contributed by atoms with van der Waals surface area (Å²) in [4.78, 5) is 2.35. The second-order valence-electron chi connectivity index (χ2n) is 6.51. The van der Waals surface area contributed by atoms with Gasteiger partial charge in [-0.1, -0.05) is 25.3 Å². The average Bonchev–Trinajstić information content (AvgIpc) is 2.55. The van der Waals surface area contributed by atoms with E-state index in [1.165, 1.54) is 32.1 Å². The van der Waals surface area contributed by atoms with Gasteiger partial charge in [-0.2, -0.15) is 5.26 Å². The summed E-state index contributed by atoms with van der Waals surface area (Å²) in [5.41, 5.74) is 2.01. The lowest BCUT2D eigenvalue weighted by Crippen LogP contribution is -2.48. The van der Waals surface area contributed by atoms with Gasteiger partial charge in [-0.05, 0) is 43.9 Å². The molecule has 1 atom stereocenters. The normalized spacial score (nSPS) is 24.5. The van der Waals surface area contributed by atoms with Gasteiger partial charge in [0.15, 0.2) is 0 Å². The van der Waals surface area contributed by atoms with Gasteiger partial charge in [0.1, 0.15) is 0 Å². The maximum absolute atomic E-state index is 9.06. The van der Waals surface area contributed by atoms with Gasteiger partial charge >= 0.3 is 0 Å². The van der Waals surface area contributed by atoms with Crippen LogP contribution in [-0.2, 0) is 4.74 Å². The summed E-state index contributed by atoms with van der Waals surface area (Å²) in [6.07, 6.45) is 8.61. The highest BCUT2D eigenvalue weighted by molar-refractivity contribution is 5.51. The van der Waals surface area contributed by atoms with Crippen LogP contribution in [0.1, 0.15) is 50.5 Å². The third-order valence-electron chi connectivity index (χ3n) is 5.16. The van der Waals surface area contributed by atoms with Crippen LogP contribution in [0.4, 0.5) is 5.69 Å². The van der Waals surface area contributed by atoms with Crippen molar-refractivity contribution in [3.05, 3.63) is 29.8 Å². The Balaban J connectivity index is 1.74. The third kappa shape index (κ3) is 3.06. The van der Waals surface area contributed by atoms with E-state index in [2.05, 4.69) is 24.1 Å². The summed E-state index contributed by atoms with van der Waals surface area (Å²) in [7, 11) is 2.16. The van der Waals surface area contributed by atoms with Crippen molar-refractivity contribution in [2.75, 3.05) is 18.6 Å². The van der Waals surface area contributed by atoms with Crippen LogP contribution in [0.15, 0.2) is 24.3 Å². The molecule has 1 aliphatic heterocycles. The number of ether oxygens (including phenoxy) is 1. The van der Waals surface area contributed by atoms with Crippen molar-refractivity contribution in [3.8, 4) is 6.07 Å². The Morgan fingerprint density at radius 3 is 2.86 bits per heavy atom. The van der Waals surface area contributed by atoms with E-state index in [-0.39, 0.29) is 5.60 Å². The molecule has 0 amide bonds. The van der Waals surface area contributed by atoms with Gasteiger partial charge in [0.25, 0.3) is 0 Å². The molecule has 2 aliphatic rings. The zero-order valence-corrected chi connectivity index (χ0v) is 12.8. The zero-order valence-electron chi connectivity index (χ0n) is 12.8. The van der Waals surface area contributed by atoms with Gasteiger partial charge in [-0.25, -0.2) is 0 Å². The van der Waals surface area contributed by atoms with Crippen molar-refractivity contribution in [2.24, 2.45) is 0 Å². The molecule has 1 aromatic carbocycles. The molecule has 3 nitrogen and oxygen atoms in total. The number of benzene rings is 1. The summed E-state index contributed by atoms with van der Waals surface area (Å²) in [5.74, 6) is 0. The topological polar surface area (TPSA) is 36.3 Å². The molecule has 1 heterocycles. The molecule has 3 heteroatoms. The molecule has 21 heavy (non-hydrogen) atoms. The van der Waals surface area contributed by atoms with Gasteiger partial charge in [-0.3, -0.25) is 0 Å². The SMILES string of the molecule is CN(c1cccc(C#N)c1)C1CCOC2(CCCCC2)C1. The second kappa shape index (κ2) is 6.07. The number of anilines is 1. The van der Waals surface area contributed by atoms with E-state index in [1.807, 2.05) is 18.2 Å². The van der Waals surface area contributed by atoms with Crippen molar-refractivity contribution < 1.29 is 4.74 Å². The van der Waals surface area contributed by atoms with Crippen LogP contribution < -0.4 is 4.90 Å². The van der Waals surface area contributed by atoms with Gasteiger partial charge in [0.05, 0.1) is 17.2 Å². The van der Waals surface area contributed by atoms with Gasteiger partial charge in [0.2, 0.25) is 0 Å². The van der Waals surface area contributed by atoms with Crippen LogP contribution in [0.2, 0.25) is 0 Å². The first-order chi connectivity index (χ1) is 10.2. The fourth-order valence-electron chi connectivity index (χ4n) is 3.88. The summed E-state index contributed by atoms with van der Waals surface area (Å²) in [5, 5.41) is 9.06. The summed E-state index contributed by atoms with van der Waals surface area (Å²) in [6.45, 7) is 0.868. The maximum Gasteiger partial charge on any atom is 0.0992 e. The Hall–Kier alpha value is -1.53. The van der Waals surface area contributed by atoms with Crippen LogP contribution in [0, 0.1) is 11.3 Å². The van der Waals surface area contributed by atoms with E-state index in [0.717, 1.165) is 30.7 Å². The largest absolute Gasteiger partial charge is 0.375 e. The third-order valence-corrected chi connectivity index (χ3v) is 5.16. The molecule has 1 saturated carbocycles. The predicted molar refractivity (Wildman–Crippen MR) is 84.4 cm³/mol. The van der Waals surface area contributed by atoms with E-state index in [4.69, 9.17) is 10.00 Å². The first-order valence-corrected chi connectivity index (χ1v) is 8.09. The van der Waals surface area contributed by atoms with E-state index in [9.17, 15) is 0 Å². The maximum atomic E-state index is 9.06. The molecule has 0 N–H and O–H groups in total. The molecule has 3 rings (SSSR count). The molecule has 1 spiro atoms. The zero-order chi connectivity index (χ0) is 14.7. The molecule has 1 aliphatic carbocycles. The minimum atomic E-state index is 0.127. The fraction of sp³-hybridized carbons (Fsp3) is 0.611. The number of nitrogens with zero attached hydrogens (tertiary/aromatic N) is 2. The lowest BCUT2D eigenvalue weighted by Gasteiger charge is -2.46. The van der Waals surface area contributed by atoms with Crippen LogP contribution in [-0.4, -0.2) is 25.3 Å². The summed E-state index contributed by atoms with van der Waals surface area (Å²) >= 11 is 0. The molecule has 1 unspecified atom stereocenters. The van der Waals surface area contributed by atoms with E-state index >= 15 is 0 Å². The minimum Gasteiger partial charge on any atom is -0.375 e. The Morgan fingerprint density at radius 1 is 1.29 bits per heavy atom. The van der Waals surface area contributed by atoms with Crippen LogP contribution in [0.25, 0.3) is 0 Å². The van der Waals surface area contributed by atoms with E-state index < -0.39 is 0 Å². The predicted octanol–water partition coefficient (Wildman–Crippen LogP) is 3.88. The minimum absolute atomic E-state index is 0.127. The smallest absolute Gasteiger partial charge is 0.0992 e. The van der Waals surface area contributed by atoms with Gasteiger partial charge < -0.3 is 9.64 Å². The Morgan fingerprint density at radius 2 is 2.10 bits per heavy atom. The molecule has 0 aromatic heterocycles. The highest BCUT2D eigenvalue weighted by atomic mass is 16.5. The first-order valence-electron chi connectivity index (χ1n) is 8.09. The quantitative estimate of drug-likeness (QED) is 0.827. The number of hydrogen-bond donors (Lipinski definition) is 0. The fourth-order valence-corrected chi connectivity index (χ4v) is 3.88. The number of nitriles is 1. The molecular weight excluding hydrogens is 260 g/mol. The van der Waals surface area contributed by atoms with Crippen LogP contribution in [0.3, 0.4) is 0 Å². The molecular formula is C18H24N2O. The molecule has 0 radical (unpaired) electrons. The lowest BCUT2D eigenvalue weighted by molar-refractivity contribution is -0.105. The monoisotopic (exact) mass is 284 g/mol. The van der Waals surface area contributed by atoms with E-state index in [1.54, 1.807) is 0 Å². The van der Waals surface area contributed by atoms with Crippen molar-refractivity contribution in [3.63, 3.8) is 0 Å².